The number of halogens is 2. The molecule has 2 aromatic carbocycles. The van der Waals surface area contributed by atoms with Gasteiger partial charge in [-0.1, -0.05) is 41.4 Å². The number of amides is 1. The number of carbonyl (C=O) groups is 2. The molecule has 210 valence electrons. The van der Waals surface area contributed by atoms with Crippen LogP contribution in [0, 0.1) is 0 Å². The van der Waals surface area contributed by atoms with Gasteiger partial charge in [-0.25, -0.2) is 13.4 Å². The van der Waals surface area contributed by atoms with Gasteiger partial charge >= 0.3 is 5.97 Å². The number of nitrogens with one attached hydrogen (secondary N) is 5. The number of hydroxylamine groups is 1. The number of imidazole rings is 1. The Kier molecular flexibility index (Phi) is 9.64. The number of aromatic nitrogens is 2. The Balaban J connectivity index is 1.18. The molecule has 4 rings (SSSR count). The average molecular weight is 599 g/mol. The molecule has 0 spiro atoms. The van der Waals surface area contributed by atoms with Crippen LogP contribution in [0.5, 0.6) is 0 Å². The summed E-state index contributed by atoms with van der Waals surface area (Å²) in [5.41, 5.74) is 4.53. The third-order valence-corrected chi connectivity index (χ3v) is 8.52. The van der Waals surface area contributed by atoms with Gasteiger partial charge in [-0.2, -0.15) is 10.2 Å². The molecule has 0 radical (unpaired) electrons. The number of benzene rings is 2. The maximum absolute atomic E-state index is 12.7. The number of carboxylic acids is 1. The predicted octanol–water partition coefficient (Wildman–Crippen LogP) is 2.66. The van der Waals surface area contributed by atoms with E-state index in [-0.39, 0.29) is 16.1 Å². The van der Waals surface area contributed by atoms with Crippen LogP contribution in [0.1, 0.15) is 25.7 Å². The molecule has 0 bridgehead atoms. The molecule has 1 amide bonds. The first-order valence-corrected chi connectivity index (χ1v) is 14.4. The van der Waals surface area contributed by atoms with E-state index in [2.05, 4.69) is 26.1 Å². The van der Waals surface area contributed by atoms with E-state index in [4.69, 9.17) is 28.0 Å². The summed E-state index contributed by atoms with van der Waals surface area (Å²) in [7, 11) is -4.38. The molecule has 1 aromatic heterocycles. The molecule has 15 heteroatoms. The lowest BCUT2D eigenvalue weighted by atomic mass is 10.1. The second kappa shape index (κ2) is 12.9. The van der Waals surface area contributed by atoms with E-state index in [1.807, 2.05) is 29.0 Å². The van der Waals surface area contributed by atoms with E-state index < -0.39 is 45.4 Å². The van der Waals surface area contributed by atoms with Crippen molar-refractivity contribution in [1.82, 2.24) is 25.5 Å². The number of carboxylic acid groups (broad SMARTS) is 1. The highest BCUT2D eigenvalue weighted by atomic mass is 35.5. The summed E-state index contributed by atoms with van der Waals surface area (Å²) in [6, 6.07) is 9.52. The first-order chi connectivity index (χ1) is 18.6. The van der Waals surface area contributed by atoms with Crippen molar-refractivity contribution in [2.75, 3.05) is 18.4 Å². The second-order valence-electron chi connectivity index (χ2n) is 8.98. The van der Waals surface area contributed by atoms with Crippen molar-refractivity contribution in [2.24, 2.45) is 0 Å². The minimum atomic E-state index is -4.38. The van der Waals surface area contributed by atoms with E-state index in [1.165, 1.54) is 18.2 Å². The fourth-order valence-electron chi connectivity index (χ4n) is 4.11. The normalized spacial score (nSPS) is 18.2. The van der Waals surface area contributed by atoms with Gasteiger partial charge in [-0.05, 0) is 43.5 Å². The monoisotopic (exact) mass is 598 g/mol. The van der Waals surface area contributed by atoms with Gasteiger partial charge in [-0.3, -0.25) is 14.4 Å². The molecular weight excluding hydrogens is 571 g/mol. The minimum absolute atomic E-state index is 0.160. The molecule has 3 atom stereocenters. The molecule has 3 aromatic rings. The molecule has 1 aliphatic heterocycles. The predicted molar refractivity (Wildman–Crippen MR) is 146 cm³/mol. The SMILES string of the molecule is O=C(O)C(CNC(=O)C1CC(CCCCNc2nc3ccccc3[nH]2)ON1)NS(=O)(=O)c1c(Cl)cccc1Cl. The zero-order valence-electron chi connectivity index (χ0n) is 20.6. The number of carbonyl (C=O) groups excluding carboxylic acids is 1. The van der Waals surface area contributed by atoms with Crippen LogP contribution in [0.25, 0.3) is 11.0 Å². The van der Waals surface area contributed by atoms with Crippen molar-refractivity contribution in [2.45, 2.75) is 48.8 Å². The lowest BCUT2D eigenvalue weighted by Crippen LogP contribution is -2.51. The minimum Gasteiger partial charge on any atom is -0.480 e. The fourth-order valence-corrected chi connectivity index (χ4v) is 6.44. The van der Waals surface area contributed by atoms with Crippen LogP contribution in [0.2, 0.25) is 10.0 Å². The van der Waals surface area contributed by atoms with Gasteiger partial charge in [-0.15, -0.1) is 0 Å². The number of fused-ring (bicyclic) bond motifs is 1. The number of nitrogens with zero attached hydrogens (tertiary/aromatic N) is 1. The standard InChI is InChI=1S/C24H28Cl2N6O6S/c25-15-7-5-8-16(26)21(15)39(36,37)32-20(23(34)35)13-28-22(33)19-12-14(38-31-19)6-3-4-11-27-24-29-17-9-1-2-10-18(17)30-24/h1-2,5,7-10,14,19-20,31-32H,3-4,6,11-13H2,(H,28,33)(H,34,35)(H2,27,29,30). The van der Waals surface area contributed by atoms with Crippen molar-refractivity contribution in [3.05, 3.63) is 52.5 Å². The number of sulfonamides is 1. The molecule has 3 unspecified atom stereocenters. The van der Waals surface area contributed by atoms with Crippen LogP contribution < -0.4 is 20.8 Å². The smallest absolute Gasteiger partial charge is 0.323 e. The summed E-state index contributed by atoms with van der Waals surface area (Å²) in [6.07, 6.45) is 2.63. The maximum atomic E-state index is 12.7. The fraction of sp³-hybridized carbons (Fsp3) is 0.375. The summed E-state index contributed by atoms with van der Waals surface area (Å²) in [5, 5.41) is 14.9. The summed E-state index contributed by atoms with van der Waals surface area (Å²) < 4.78 is 27.4. The Bertz CT molecular complexity index is 1380. The largest absolute Gasteiger partial charge is 0.480 e. The summed E-state index contributed by atoms with van der Waals surface area (Å²) >= 11 is 11.9. The summed E-state index contributed by atoms with van der Waals surface area (Å²) in [6.45, 7) is 0.224. The van der Waals surface area contributed by atoms with E-state index in [9.17, 15) is 23.1 Å². The zero-order valence-corrected chi connectivity index (χ0v) is 22.9. The molecule has 0 saturated carbocycles. The molecule has 0 aliphatic carbocycles. The van der Waals surface area contributed by atoms with Crippen molar-refractivity contribution in [3.63, 3.8) is 0 Å². The third kappa shape index (κ3) is 7.59. The Morgan fingerprint density at radius 3 is 2.59 bits per heavy atom. The maximum Gasteiger partial charge on any atom is 0.323 e. The molecule has 1 fully saturated rings. The van der Waals surface area contributed by atoms with Gasteiger partial charge in [0, 0.05) is 19.5 Å². The topological polar surface area (TPSA) is 175 Å². The van der Waals surface area contributed by atoms with E-state index in [0.29, 0.717) is 18.8 Å². The molecule has 6 N–H and O–H groups in total. The van der Waals surface area contributed by atoms with Crippen LogP contribution in [0.4, 0.5) is 5.95 Å². The Hall–Kier alpha value is -2.94. The number of hydrogen-bond donors (Lipinski definition) is 6. The lowest BCUT2D eigenvalue weighted by molar-refractivity contribution is -0.139. The number of H-pyrrole nitrogens is 1. The van der Waals surface area contributed by atoms with Crippen LogP contribution in [0.15, 0.2) is 47.4 Å². The average Bonchev–Trinajstić information content (AvgIpc) is 3.52. The molecular formula is C24H28Cl2N6O6S. The van der Waals surface area contributed by atoms with Gasteiger partial charge in [0.15, 0.2) is 0 Å². The number of para-hydroxylation sites is 2. The Morgan fingerprint density at radius 2 is 1.87 bits per heavy atom. The molecule has 2 heterocycles. The Morgan fingerprint density at radius 1 is 1.13 bits per heavy atom. The summed E-state index contributed by atoms with van der Waals surface area (Å²) in [4.78, 5) is 37.0. The van der Waals surface area contributed by atoms with E-state index in [0.717, 1.165) is 30.4 Å². The van der Waals surface area contributed by atoms with Crippen LogP contribution >= 0.6 is 23.2 Å². The van der Waals surface area contributed by atoms with Gasteiger partial charge in [0.05, 0.1) is 27.2 Å². The molecule has 12 nitrogen and oxygen atoms in total. The highest BCUT2D eigenvalue weighted by Gasteiger charge is 2.33. The van der Waals surface area contributed by atoms with Gasteiger partial charge in [0.25, 0.3) is 0 Å². The van der Waals surface area contributed by atoms with Gasteiger partial charge < -0.3 is 20.7 Å². The highest BCUT2D eigenvalue weighted by molar-refractivity contribution is 7.89. The number of rotatable bonds is 13. The third-order valence-electron chi connectivity index (χ3n) is 6.09. The Labute approximate surface area is 234 Å². The van der Waals surface area contributed by atoms with Crippen molar-refractivity contribution < 1.29 is 28.0 Å². The highest BCUT2D eigenvalue weighted by Crippen LogP contribution is 2.29. The first-order valence-electron chi connectivity index (χ1n) is 12.2. The van der Waals surface area contributed by atoms with Crippen molar-refractivity contribution >= 4 is 62.1 Å². The summed E-state index contributed by atoms with van der Waals surface area (Å²) in [5.74, 6) is -1.28. The number of hydrogen-bond acceptors (Lipinski definition) is 8. The van der Waals surface area contributed by atoms with Gasteiger partial charge in [0.2, 0.25) is 21.9 Å². The van der Waals surface area contributed by atoms with Crippen LogP contribution in [-0.4, -0.2) is 66.6 Å². The van der Waals surface area contributed by atoms with Gasteiger partial charge in [0.1, 0.15) is 17.0 Å². The van der Waals surface area contributed by atoms with Crippen molar-refractivity contribution in [3.8, 4) is 0 Å². The second-order valence-corrected chi connectivity index (χ2v) is 11.4. The van der Waals surface area contributed by atoms with Crippen molar-refractivity contribution in [1.29, 1.82) is 0 Å². The first kappa shape index (κ1) is 29.1. The number of unbranched alkanes of at least 4 members (excludes halogenated alkanes) is 1. The van der Waals surface area contributed by atoms with E-state index in [1.54, 1.807) is 0 Å². The molecule has 1 aliphatic rings. The molecule has 1 saturated heterocycles. The van der Waals surface area contributed by atoms with Crippen LogP contribution in [-0.2, 0) is 24.4 Å². The zero-order chi connectivity index (χ0) is 28.0. The number of aliphatic carboxylic acids is 1. The lowest BCUT2D eigenvalue weighted by Gasteiger charge is -2.18. The van der Waals surface area contributed by atoms with E-state index >= 15 is 0 Å². The quantitative estimate of drug-likeness (QED) is 0.161. The number of aromatic amines is 1. The molecule has 39 heavy (non-hydrogen) atoms. The number of anilines is 1. The van der Waals surface area contributed by atoms with Crippen LogP contribution in [0.3, 0.4) is 0 Å².